The number of aromatic nitrogens is 2. The van der Waals surface area contributed by atoms with Crippen LogP contribution < -0.4 is 5.32 Å². The van der Waals surface area contributed by atoms with Crippen molar-refractivity contribution in [1.82, 2.24) is 9.78 Å². The number of hydrogen-bond donors (Lipinski definition) is 2. The summed E-state index contributed by atoms with van der Waals surface area (Å²) in [4.78, 5) is 0. The molecule has 0 saturated carbocycles. The summed E-state index contributed by atoms with van der Waals surface area (Å²) in [5.74, 6) is 0. The minimum atomic E-state index is -0.556. The second kappa shape index (κ2) is 6.09. The second-order valence-electron chi connectivity index (χ2n) is 3.86. The van der Waals surface area contributed by atoms with E-state index in [4.69, 9.17) is 23.2 Å². The van der Waals surface area contributed by atoms with Gasteiger partial charge in [-0.05, 0) is 18.2 Å². The first kappa shape index (κ1) is 13.2. The van der Waals surface area contributed by atoms with E-state index in [2.05, 4.69) is 10.4 Å². The van der Waals surface area contributed by atoms with E-state index < -0.39 is 6.10 Å². The van der Waals surface area contributed by atoms with Gasteiger partial charge in [-0.25, -0.2) is 0 Å². The van der Waals surface area contributed by atoms with Crippen LogP contribution in [0.1, 0.15) is 0 Å². The van der Waals surface area contributed by atoms with Gasteiger partial charge in [-0.2, -0.15) is 5.10 Å². The van der Waals surface area contributed by atoms with E-state index >= 15 is 0 Å². The lowest BCUT2D eigenvalue weighted by Crippen LogP contribution is -2.25. The Morgan fingerprint density at radius 3 is 2.89 bits per heavy atom. The fourth-order valence-electron chi connectivity index (χ4n) is 1.56. The van der Waals surface area contributed by atoms with E-state index in [-0.39, 0.29) is 0 Å². The quantitative estimate of drug-likeness (QED) is 0.888. The first-order valence-corrected chi connectivity index (χ1v) is 6.26. The molecule has 0 bridgehead atoms. The molecule has 4 nitrogen and oxygen atoms in total. The number of benzene rings is 1. The monoisotopic (exact) mass is 285 g/mol. The Bertz CT molecular complexity index is 502. The molecule has 0 saturated heterocycles. The standard InChI is InChI=1S/C12H13Cl2N3O/c13-10-3-1-4-11(12(10)14)15-7-9(18)8-17-6-2-5-16-17/h1-6,9,15,18H,7-8H2. The van der Waals surface area contributed by atoms with Crippen LogP contribution in [-0.2, 0) is 6.54 Å². The number of rotatable bonds is 5. The average Bonchev–Trinajstić information content (AvgIpc) is 2.84. The van der Waals surface area contributed by atoms with Gasteiger partial charge >= 0.3 is 0 Å². The molecule has 2 N–H and O–H groups in total. The molecule has 0 amide bonds. The second-order valence-corrected chi connectivity index (χ2v) is 4.65. The Labute approximate surface area is 115 Å². The topological polar surface area (TPSA) is 50.1 Å². The lowest BCUT2D eigenvalue weighted by Gasteiger charge is -2.14. The Hall–Kier alpha value is -1.23. The third-order valence-corrected chi connectivity index (χ3v) is 3.26. The van der Waals surface area contributed by atoms with Gasteiger partial charge in [-0.1, -0.05) is 29.3 Å². The van der Waals surface area contributed by atoms with Crippen molar-refractivity contribution in [2.24, 2.45) is 0 Å². The van der Waals surface area contributed by atoms with Crippen molar-refractivity contribution in [2.45, 2.75) is 12.6 Å². The van der Waals surface area contributed by atoms with Crippen LogP contribution >= 0.6 is 23.2 Å². The normalized spacial score (nSPS) is 12.4. The van der Waals surface area contributed by atoms with E-state index in [0.29, 0.717) is 28.8 Å². The molecule has 2 rings (SSSR count). The lowest BCUT2D eigenvalue weighted by atomic mass is 10.3. The predicted molar refractivity (Wildman–Crippen MR) is 73.2 cm³/mol. The van der Waals surface area contributed by atoms with E-state index in [1.807, 2.05) is 12.1 Å². The van der Waals surface area contributed by atoms with Crippen LogP contribution in [0, 0.1) is 0 Å². The summed E-state index contributed by atoms with van der Waals surface area (Å²) in [6, 6.07) is 7.15. The molecule has 0 aliphatic heterocycles. The van der Waals surface area contributed by atoms with Gasteiger partial charge < -0.3 is 10.4 Å². The third-order valence-electron chi connectivity index (χ3n) is 2.44. The third kappa shape index (κ3) is 3.38. The number of hydrogen-bond acceptors (Lipinski definition) is 3. The lowest BCUT2D eigenvalue weighted by molar-refractivity contribution is 0.161. The van der Waals surface area contributed by atoms with Gasteiger partial charge in [0.25, 0.3) is 0 Å². The zero-order valence-electron chi connectivity index (χ0n) is 9.55. The highest BCUT2D eigenvalue weighted by atomic mass is 35.5. The van der Waals surface area contributed by atoms with Gasteiger partial charge in [-0.3, -0.25) is 4.68 Å². The zero-order valence-corrected chi connectivity index (χ0v) is 11.1. The smallest absolute Gasteiger partial charge is 0.0907 e. The minimum Gasteiger partial charge on any atom is -0.389 e. The van der Waals surface area contributed by atoms with Crippen molar-refractivity contribution in [2.75, 3.05) is 11.9 Å². The van der Waals surface area contributed by atoms with Gasteiger partial charge in [0.2, 0.25) is 0 Å². The molecule has 1 heterocycles. The molecule has 1 unspecified atom stereocenters. The van der Waals surface area contributed by atoms with Crippen molar-refractivity contribution in [3.63, 3.8) is 0 Å². The van der Waals surface area contributed by atoms with Crippen LogP contribution in [-0.4, -0.2) is 27.5 Å². The number of nitrogens with zero attached hydrogens (tertiary/aromatic N) is 2. The van der Waals surface area contributed by atoms with E-state index in [1.54, 1.807) is 29.2 Å². The summed E-state index contributed by atoms with van der Waals surface area (Å²) >= 11 is 11.9. The molecule has 0 fully saturated rings. The minimum absolute atomic E-state index is 0.375. The first-order valence-electron chi connectivity index (χ1n) is 5.50. The maximum Gasteiger partial charge on any atom is 0.0907 e. The number of halogens is 2. The summed E-state index contributed by atoms with van der Waals surface area (Å²) in [5.41, 5.74) is 0.712. The number of aliphatic hydroxyl groups excluding tert-OH is 1. The molecule has 0 radical (unpaired) electrons. The predicted octanol–water partition coefficient (Wildman–Crippen LogP) is 2.66. The first-order chi connectivity index (χ1) is 8.66. The summed E-state index contributed by atoms with van der Waals surface area (Å²) in [6.07, 6.45) is 2.92. The Kier molecular flexibility index (Phi) is 4.47. The Morgan fingerprint density at radius 2 is 2.17 bits per heavy atom. The van der Waals surface area contributed by atoms with Gasteiger partial charge in [0, 0.05) is 18.9 Å². The SMILES string of the molecule is OC(CNc1cccc(Cl)c1Cl)Cn1cccn1. The molecule has 18 heavy (non-hydrogen) atoms. The fourth-order valence-corrected chi connectivity index (χ4v) is 1.92. The molecular weight excluding hydrogens is 273 g/mol. The molecule has 96 valence electrons. The van der Waals surface area contributed by atoms with Crippen LogP contribution in [0.15, 0.2) is 36.7 Å². The highest BCUT2D eigenvalue weighted by molar-refractivity contribution is 6.43. The zero-order chi connectivity index (χ0) is 13.0. The van der Waals surface area contributed by atoms with Gasteiger partial charge in [0.1, 0.15) is 0 Å². The van der Waals surface area contributed by atoms with Gasteiger partial charge in [0.15, 0.2) is 0 Å². The van der Waals surface area contributed by atoms with Crippen LogP contribution in [0.4, 0.5) is 5.69 Å². The highest BCUT2D eigenvalue weighted by Gasteiger charge is 2.08. The molecule has 0 aliphatic rings. The summed E-state index contributed by atoms with van der Waals surface area (Å²) < 4.78 is 1.67. The molecule has 0 aliphatic carbocycles. The number of anilines is 1. The largest absolute Gasteiger partial charge is 0.389 e. The van der Waals surface area contributed by atoms with Crippen molar-refractivity contribution in [1.29, 1.82) is 0 Å². The molecule has 0 spiro atoms. The van der Waals surface area contributed by atoms with Crippen LogP contribution in [0.5, 0.6) is 0 Å². The summed E-state index contributed by atoms with van der Waals surface area (Å²) in [7, 11) is 0. The Balaban J connectivity index is 1.89. The molecule has 2 aromatic rings. The Morgan fingerprint density at radius 1 is 1.33 bits per heavy atom. The van der Waals surface area contributed by atoms with Crippen LogP contribution in [0.2, 0.25) is 10.0 Å². The molecule has 1 aromatic heterocycles. The van der Waals surface area contributed by atoms with Crippen molar-refractivity contribution < 1.29 is 5.11 Å². The van der Waals surface area contributed by atoms with Crippen molar-refractivity contribution in [3.05, 3.63) is 46.7 Å². The van der Waals surface area contributed by atoms with Crippen molar-refractivity contribution in [3.8, 4) is 0 Å². The average molecular weight is 286 g/mol. The van der Waals surface area contributed by atoms with Gasteiger partial charge in [0.05, 0.1) is 28.4 Å². The summed E-state index contributed by atoms with van der Waals surface area (Å²) in [5, 5.41) is 17.9. The number of nitrogens with one attached hydrogen (secondary N) is 1. The van der Waals surface area contributed by atoms with Crippen LogP contribution in [0.3, 0.4) is 0 Å². The molecule has 1 aromatic carbocycles. The fraction of sp³-hybridized carbons (Fsp3) is 0.250. The van der Waals surface area contributed by atoms with E-state index in [0.717, 1.165) is 0 Å². The maximum atomic E-state index is 9.84. The van der Waals surface area contributed by atoms with E-state index in [9.17, 15) is 5.11 Å². The van der Waals surface area contributed by atoms with Crippen LogP contribution in [0.25, 0.3) is 0 Å². The number of aliphatic hydroxyl groups is 1. The highest BCUT2D eigenvalue weighted by Crippen LogP contribution is 2.29. The summed E-state index contributed by atoms with van der Waals surface area (Å²) in [6.45, 7) is 0.804. The van der Waals surface area contributed by atoms with E-state index in [1.165, 1.54) is 0 Å². The van der Waals surface area contributed by atoms with Gasteiger partial charge in [-0.15, -0.1) is 0 Å². The van der Waals surface area contributed by atoms with Crippen molar-refractivity contribution >= 4 is 28.9 Å². The molecule has 1 atom stereocenters. The molecular formula is C12H13Cl2N3O. The molecule has 6 heteroatoms. The maximum absolute atomic E-state index is 9.84.